The molecule has 1 heterocycles. The highest BCUT2D eigenvalue weighted by atomic mass is 32.2. The molecule has 2 amide bonds. The summed E-state index contributed by atoms with van der Waals surface area (Å²) in [5.74, 6) is 0.591. The van der Waals surface area contributed by atoms with Crippen molar-refractivity contribution in [2.24, 2.45) is 5.92 Å². The molecule has 0 radical (unpaired) electrons. The molecule has 6 heteroatoms. The highest BCUT2D eigenvalue weighted by molar-refractivity contribution is 7.94. The Balaban J connectivity index is 1.48. The second-order valence-electron chi connectivity index (χ2n) is 8.09. The van der Waals surface area contributed by atoms with E-state index in [1.807, 2.05) is 36.4 Å². The van der Waals surface area contributed by atoms with Crippen molar-refractivity contribution in [1.29, 1.82) is 0 Å². The van der Waals surface area contributed by atoms with Gasteiger partial charge in [-0.15, -0.1) is 0 Å². The molecule has 1 aliphatic heterocycles. The number of sulfonamides is 1. The molecule has 1 fully saturated rings. The summed E-state index contributed by atoms with van der Waals surface area (Å²) in [6.07, 6.45) is 7.14. The number of rotatable bonds is 8. The third kappa shape index (κ3) is 6.96. The van der Waals surface area contributed by atoms with Gasteiger partial charge in [-0.1, -0.05) is 67.6 Å². The Bertz CT molecular complexity index is 964. The molecule has 1 saturated heterocycles. The summed E-state index contributed by atoms with van der Waals surface area (Å²) >= 11 is 0. The van der Waals surface area contributed by atoms with E-state index in [1.54, 1.807) is 17.9 Å². The molecule has 2 aromatic rings. The van der Waals surface area contributed by atoms with Crippen LogP contribution in [0.1, 0.15) is 50.2 Å². The Morgan fingerprint density at radius 1 is 1.03 bits per heavy atom. The number of aryl methyl sites for hydroxylation is 1. The molecule has 0 spiro atoms. The average Bonchev–Trinajstić information content (AvgIpc) is 2.79. The van der Waals surface area contributed by atoms with E-state index in [0.717, 1.165) is 37.7 Å². The van der Waals surface area contributed by atoms with E-state index in [0.29, 0.717) is 25.4 Å². The standard InChI is InChI=1S/C25H32N2O3S/c1-2-24(20-23-12-7-4-8-13-23)31(29,30)26-25(28)27-18-16-22(17-19-27)15-9-14-21-10-5-3-6-11-21/h3-8,10-13,20,22H,2,9,14-19H2,1H3,(H,26,28). The van der Waals surface area contributed by atoms with Crippen molar-refractivity contribution in [2.45, 2.75) is 45.4 Å². The number of piperidine rings is 1. The van der Waals surface area contributed by atoms with Crippen LogP contribution in [0.3, 0.4) is 0 Å². The summed E-state index contributed by atoms with van der Waals surface area (Å²) in [6.45, 7) is 2.97. The molecule has 0 unspecified atom stereocenters. The van der Waals surface area contributed by atoms with Gasteiger partial charge < -0.3 is 4.90 Å². The first-order valence-corrected chi connectivity index (χ1v) is 12.6. The molecule has 0 bridgehead atoms. The number of nitrogens with one attached hydrogen (secondary N) is 1. The van der Waals surface area contributed by atoms with Gasteiger partial charge in [0.25, 0.3) is 10.0 Å². The van der Waals surface area contributed by atoms with Crippen molar-refractivity contribution >= 4 is 22.1 Å². The normalized spacial score (nSPS) is 15.6. The van der Waals surface area contributed by atoms with Crippen molar-refractivity contribution in [1.82, 2.24) is 9.62 Å². The van der Waals surface area contributed by atoms with Crippen LogP contribution in [0.25, 0.3) is 6.08 Å². The maximum atomic E-state index is 12.7. The predicted octanol–water partition coefficient (Wildman–Crippen LogP) is 5.21. The molecule has 166 valence electrons. The number of hydrogen-bond acceptors (Lipinski definition) is 3. The zero-order valence-corrected chi connectivity index (χ0v) is 19.0. The summed E-state index contributed by atoms with van der Waals surface area (Å²) < 4.78 is 27.7. The van der Waals surface area contributed by atoms with E-state index in [-0.39, 0.29) is 4.91 Å². The first-order valence-electron chi connectivity index (χ1n) is 11.1. The maximum absolute atomic E-state index is 12.7. The van der Waals surface area contributed by atoms with Crippen molar-refractivity contribution in [3.8, 4) is 0 Å². The largest absolute Gasteiger partial charge is 0.331 e. The molecule has 0 aromatic heterocycles. The van der Waals surface area contributed by atoms with E-state index in [4.69, 9.17) is 0 Å². The van der Waals surface area contributed by atoms with Gasteiger partial charge in [0, 0.05) is 13.1 Å². The number of carbonyl (C=O) groups is 1. The van der Waals surface area contributed by atoms with Gasteiger partial charge in [-0.25, -0.2) is 17.9 Å². The Morgan fingerprint density at radius 2 is 1.65 bits per heavy atom. The van der Waals surface area contributed by atoms with Gasteiger partial charge in [-0.2, -0.15) is 0 Å². The monoisotopic (exact) mass is 440 g/mol. The van der Waals surface area contributed by atoms with Gasteiger partial charge in [-0.3, -0.25) is 0 Å². The van der Waals surface area contributed by atoms with Crippen LogP contribution in [-0.2, 0) is 16.4 Å². The topological polar surface area (TPSA) is 66.5 Å². The van der Waals surface area contributed by atoms with Crippen LogP contribution >= 0.6 is 0 Å². The molecule has 0 aliphatic carbocycles. The number of nitrogens with zero attached hydrogens (tertiary/aromatic N) is 1. The fourth-order valence-corrected chi connectivity index (χ4v) is 5.18. The minimum Gasteiger partial charge on any atom is -0.324 e. The van der Waals surface area contributed by atoms with Crippen molar-refractivity contribution < 1.29 is 13.2 Å². The molecule has 1 N–H and O–H groups in total. The summed E-state index contributed by atoms with van der Waals surface area (Å²) in [5.41, 5.74) is 2.16. The van der Waals surface area contributed by atoms with Crippen LogP contribution in [0.4, 0.5) is 4.79 Å². The molecule has 31 heavy (non-hydrogen) atoms. The molecule has 1 aliphatic rings. The molecular formula is C25H32N2O3S. The number of allylic oxidation sites excluding steroid dienone is 1. The Hall–Kier alpha value is -2.60. The first kappa shape index (κ1) is 23.1. The lowest BCUT2D eigenvalue weighted by atomic mass is 9.91. The number of urea groups is 1. The fourth-order valence-electron chi connectivity index (χ4n) is 4.01. The smallest absolute Gasteiger partial charge is 0.324 e. The minimum absolute atomic E-state index is 0.211. The SMILES string of the molecule is CCC(=Cc1ccccc1)S(=O)(=O)NC(=O)N1CCC(CCCc2ccccc2)CC1. The van der Waals surface area contributed by atoms with Crippen LogP contribution in [0.5, 0.6) is 0 Å². The predicted molar refractivity (Wildman–Crippen MR) is 126 cm³/mol. The van der Waals surface area contributed by atoms with E-state index in [1.165, 1.54) is 5.56 Å². The van der Waals surface area contributed by atoms with Gasteiger partial charge in [-0.05, 0) is 61.6 Å². The van der Waals surface area contributed by atoms with Crippen molar-refractivity contribution in [3.63, 3.8) is 0 Å². The lowest BCUT2D eigenvalue weighted by Gasteiger charge is -2.32. The van der Waals surface area contributed by atoms with Crippen molar-refractivity contribution in [3.05, 3.63) is 76.7 Å². The summed E-state index contributed by atoms with van der Waals surface area (Å²) in [7, 11) is -3.86. The molecular weight excluding hydrogens is 408 g/mol. The molecule has 0 saturated carbocycles. The summed E-state index contributed by atoms with van der Waals surface area (Å²) in [6, 6.07) is 19.2. The van der Waals surface area contributed by atoms with Gasteiger partial charge in [0.05, 0.1) is 4.91 Å². The van der Waals surface area contributed by atoms with Crippen LogP contribution in [-0.4, -0.2) is 32.4 Å². The average molecular weight is 441 g/mol. The lowest BCUT2D eigenvalue weighted by molar-refractivity contribution is 0.172. The van der Waals surface area contributed by atoms with Crippen molar-refractivity contribution in [2.75, 3.05) is 13.1 Å². The first-order chi connectivity index (χ1) is 15.0. The van der Waals surface area contributed by atoms with E-state index in [9.17, 15) is 13.2 Å². The number of amides is 2. The minimum atomic E-state index is -3.86. The molecule has 5 nitrogen and oxygen atoms in total. The molecule has 3 rings (SSSR count). The van der Waals surface area contributed by atoms with Gasteiger partial charge >= 0.3 is 6.03 Å². The summed E-state index contributed by atoms with van der Waals surface area (Å²) in [4.78, 5) is 14.4. The molecule has 0 atom stereocenters. The van der Waals surface area contributed by atoms with E-state index < -0.39 is 16.1 Å². The number of likely N-dealkylation sites (tertiary alicyclic amines) is 1. The second kappa shape index (κ2) is 11.1. The second-order valence-corrected chi connectivity index (χ2v) is 9.83. The maximum Gasteiger partial charge on any atom is 0.331 e. The van der Waals surface area contributed by atoms with E-state index >= 15 is 0 Å². The summed E-state index contributed by atoms with van der Waals surface area (Å²) in [5, 5.41) is 0. The fraction of sp³-hybridized carbons (Fsp3) is 0.400. The zero-order chi connectivity index (χ0) is 22.1. The van der Waals surface area contributed by atoms with Crippen LogP contribution in [0.2, 0.25) is 0 Å². The van der Waals surface area contributed by atoms with Crippen LogP contribution in [0.15, 0.2) is 65.6 Å². The molecule has 2 aromatic carbocycles. The van der Waals surface area contributed by atoms with E-state index in [2.05, 4.69) is 29.0 Å². The third-order valence-corrected chi connectivity index (χ3v) is 7.41. The van der Waals surface area contributed by atoms with Crippen LogP contribution in [0, 0.1) is 5.92 Å². The zero-order valence-electron chi connectivity index (χ0n) is 18.2. The van der Waals surface area contributed by atoms with Gasteiger partial charge in [0.1, 0.15) is 0 Å². The van der Waals surface area contributed by atoms with Gasteiger partial charge in [0.2, 0.25) is 0 Å². The third-order valence-electron chi connectivity index (χ3n) is 5.86. The number of hydrogen-bond donors (Lipinski definition) is 1. The Morgan fingerprint density at radius 3 is 2.26 bits per heavy atom. The van der Waals surface area contributed by atoms with Gasteiger partial charge in [0.15, 0.2) is 0 Å². The lowest BCUT2D eigenvalue weighted by Crippen LogP contribution is -2.46. The quantitative estimate of drug-likeness (QED) is 0.613. The Labute approximate surface area is 186 Å². The van der Waals surface area contributed by atoms with Crippen LogP contribution < -0.4 is 4.72 Å². The number of carbonyl (C=O) groups excluding carboxylic acids is 1. The number of benzene rings is 2. The Kier molecular flexibility index (Phi) is 8.29. The highest BCUT2D eigenvalue weighted by Crippen LogP contribution is 2.23. The highest BCUT2D eigenvalue weighted by Gasteiger charge is 2.26.